The molecule has 124 valence electrons. The zero-order chi connectivity index (χ0) is 16.8. The third-order valence-electron chi connectivity index (χ3n) is 4.29. The van der Waals surface area contributed by atoms with Crippen molar-refractivity contribution in [2.45, 2.75) is 25.4 Å². The summed E-state index contributed by atoms with van der Waals surface area (Å²) in [6, 6.07) is 6.74. The number of ketones is 1. The molecule has 3 heterocycles. The predicted molar refractivity (Wildman–Crippen MR) is 96.4 cm³/mol. The van der Waals surface area contributed by atoms with Crippen molar-refractivity contribution in [3.8, 4) is 0 Å². The minimum atomic E-state index is -0.656. The number of halogens is 1. The molecule has 1 unspecified atom stereocenters. The van der Waals surface area contributed by atoms with E-state index in [1.807, 2.05) is 40.1 Å². The molecule has 0 aromatic carbocycles. The molecule has 2 aliphatic rings. The highest BCUT2D eigenvalue weighted by Gasteiger charge is 2.48. The first kappa shape index (κ1) is 15.9. The van der Waals surface area contributed by atoms with Gasteiger partial charge in [-0.2, -0.15) is 0 Å². The van der Waals surface area contributed by atoms with E-state index in [1.165, 1.54) is 16.2 Å². The van der Waals surface area contributed by atoms with Gasteiger partial charge in [0, 0.05) is 10.8 Å². The highest BCUT2D eigenvalue weighted by atomic mass is 127. The number of carbonyl (C=O) groups excluding carboxylic acids is 2. The van der Waals surface area contributed by atoms with Crippen LogP contribution in [0.4, 0.5) is 0 Å². The van der Waals surface area contributed by atoms with Crippen molar-refractivity contribution in [1.82, 2.24) is 4.90 Å². The number of amides is 1. The molecule has 1 aliphatic heterocycles. The zero-order valence-corrected chi connectivity index (χ0v) is 15.5. The number of aliphatic hydroxyl groups is 1. The van der Waals surface area contributed by atoms with E-state index in [4.69, 9.17) is 4.42 Å². The number of rotatable bonds is 5. The number of hydrogen-bond acceptors (Lipinski definition) is 5. The van der Waals surface area contributed by atoms with E-state index in [0.717, 1.165) is 17.7 Å². The van der Waals surface area contributed by atoms with E-state index in [2.05, 4.69) is 0 Å². The fourth-order valence-electron chi connectivity index (χ4n) is 2.98. The van der Waals surface area contributed by atoms with Crippen LogP contribution in [0.2, 0.25) is 0 Å². The van der Waals surface area contributed by atoms with Gasteiger partial charge in [-0.3, -0.25) is 9.59 Å². The highest BCUT2D eigenvalue weighted by Crippen LogP contribution is 2.44. The maximum Gasteiger partial charge on any atom is 0.290 e. The van der Waals surface area contributed by atoms with Crippen LogP contribution in [0.3, 0.4) is 0 Å². The summed E-state index contributed by atoms with van der Waals surface area (Å²) >= 11 is 3.58. The Morgan fingerprint density at radius 2 is 2.17 bits per heavy atom. The monoisotopic (exact) mass is 455 g/mol. The molecule has 1 atom stereocenters. The molecule has 2 aromatic heterocycles. The van der Waals surface area contributed by atoms with E-state index in [1.54, 1.807) is 12.1 Å². The van der Waals surface area contributed by atoms with Crippen molar-refractivity contribution in [2.75, 3.05) is 0 Å². The number of furan rings is 1. The number of hydrogen-bond donors (Lipinski definition) is 1. The van der Waals surface area contributed by atoms with E-state index >= 15 is 0 Å². The molecule has 0 radical (unpaired) electrons. The number of aliphatic hydroxyl groups excluding tert-OH is 1. The van der Waals surface area contributed by atoms with E-state index in [0.29, 0.717) is 16.1 Å². The Hall–Kier alpha value is -1.61. The molecular weight excluding hydrogens is 441 g/mol. The van der Waals surface area contributed by atoms with Crippen LogP contribution in [0.25, 0.3) is 0 Å². The lowest BCUT2D eigenvalue weighted by atomic mass is 9.98. The lowest BCUT2D eigenvalue weighted by Crippen LogP contribution is -2.30. The summed E-state index contributed by atoms with van der Waals surface area (Å²) in [6.45, 7) is 0.337. The Morgan fingerprint density at radius 1 is 1.38 bits per heavy atom. The largest absolute Gasteiger partial charge is 0.503 e. The number of nitrogens with zero attached hydrogens (tertiary/aromatic N) is 1. The van der Waals surface area contributed by atoms with Gasteiger partial charge in [-0.25, -0.2) is 0 Å². The van der Waals surface area contributed by atoms with Gasteiger partial charge in [-0.05, 0) is 59.0 Å². The van der Waals surface area contributed by atoms with Crippen molar-refractivity contribution < 1.29 is 19.1 Å². The van der Waals surface area contributed by atoms with E-state index in [9.17, 15) is 14.7 Å². The minimum Gasteiger partial charge on any atom is -0.503 e. The second-order valence-electron chi connectivity index (χ2n) is 5.96. The van der Waals surface area contributed by atoms with Gasteiger partial charge in [-0.1, -0.05) is 6.07 Å². The Balaban J connectivity index is 1.76. The molecule has 24 heavy (non-hydrogen) atoms. The van der Waals surface area contributed by atoms with Crippen molar-refractivity contribution >= 4 is 45.6 Å². The predicted octanol–water partition coefficient (Wildman–Crippen LogP) is 3.82. The normalized spacial score (nSPS) is 21.0. The molecule has 0 bridgehead atoms. The van der Waals surface area contributed by atoms with Crippen molar-refractivity contribution in [1.29, 1.82) is 0 Å². The topological polar surface area (TPSA) is 70.8 Å². The Bertz CT molecular complexity index is 835. The molecule has 1 aliphatic carbocycles. The third-order valence-corrected chi connectivity index (χ3v) is 5.73. The third kappa shape index (κ3) is 2.69. The molecule has 0 saturated heterocycles. The molecule has 4 rings (SSSR count). The average Bonchev–Trinajstić information content (AvgIpc) is 3.03. The first-order valence-electron chi connectivity index (χ1n) is 7.62. The number of thiophene rings is 1. The summed E-state index contributed by atoms with van der Waals surface area (Å²) in [5.74, 6) is -0.639. The Kier molecular flexibility index (Phi) is 4.00. The Morgan fingerprint density at radius 3 is 2.75 bits per heavy atom. The summed E-state index contributed by atoms with van der Waals surface area (Å²) in [5, 5.41) is 12.3. The molecule has 2 aromatic rings. The summed E-state index contributed by atoms with van der Waals surface area (Å²) in [6.07, 6.45) is 1.63. The maximum absolute atomic E-state index is 12.7. The molecule has 0 spiro atoms. The van der Waals surface area contributed by atoms with Crippen molar-refractivity contribution in [3.63, 3.8) is 0 Å². The van der Waals surface area contributed by atoms with Crippen LogP contribution in [-0.4, -0.2) is 21.7 Å². The van der Waals surface area contributed by atoms with Crippen LogP contribution < -0.4 is 0 Å². The fourth-order valence-corrected chi connectivity index (χ4v) is 4.11. The summed E-state index contributed by atoms with van der Waals surface area (Å²) in [4.78, 5) is 27.8. The molecule has 1 amide bonds. The fraction of sp³-hybridized carbons (Fsp3) is 0.294. The van der Waals surface area contributed by atoms with E-state index < -0.39 is 17.7 Å². The van der Waals surface area contributed by atoms with Gasteiger partial charge in [0.1, 0.15) is 11.8 Å². The highest BCUT2D eigenvalue weighted by molar-refractivity contribution is 14.1. The lowest BCUT2D eigenvalue weighted by Gasteiger charge is -2.24. The second kappa shape index (κ2) is 6.03. The van der Waals surface area contributed by atoms with Crippen LogP contribution in [0.5, 0.6) is 0 Å². The van der Waals surface area contributed by atoms with Crippen molar-refractivity contribution in [3.05, 3.63) is 55.4 Å². The zero-order valence-electron chi connectivity index (χ0n) is 12.6. The first-order chi connectivity index (χ1) is 11.6. The average molecular weight is 455 g/mol. The minimum absolute atomic E-state index is 0.0758. The number of Topliss-reactive ketones (excluding diaryl/α,β-unsaturated/α-hetero) is 1. The lowest BCUT2D eigenvalue weighted by molar-refractivity contribution is -0.130. The van der Waals surface area contributed by atoms with Gasteiger partial charge in [0.15, 0.2) is 15.3 Å². The van der Waals surface area contributed by atoms with Crippen LogP contribution in [0.15, 0.2) is 45.4 Å². The molecule has 1 fully saturated rings. The van der Waals surface area contributed by atoms with Crippen LogP contribution in [-0.2, 0) is 16.1 Å². The first-order valence-corrected chi connectivity index (χ1v) is 9.58. The van der Waals surface area contributed by atoms with Gasteiger partial charge >= 0.3 is 0 Å². The van der Waals surface area contributed by atoms with Crippen molar-refractivity contribution in [2.24, 2.45) is 5.92 Å². The summed E-state index contributed by atoms with van der Waals surface area (Å²) in [5.41, 5.74) is 0.185. The smallest absolute Gasteiger partial charge is 0.290 e. The molecule has 5 nitrogen and oxygen atoms in total. The van der Waals surface area contributed by atoms with Gasteiger partial charge in [-0.15, -0.1) is 11.3 Å². The standard InChI is InChI=1S/C17H14INO4S/c18-12-6-5-11(23-12)14-13(15(20)9-3-4-9)16(21)17(22)19(14)8-10-2-1-7-24-10/h1-2,5-7,9,14,21H,3-4,8H2. The summed E-state index contributed by atoms with van der Waals surface area (Å²) in [7, 11) is 0. The second-order valence-corrected chi connectivity index (χ2v) is 8.05. The SMILES string of the molecule is O=C(C1=C(O)C(=O)N(Cc2cccs2)C1c1ccc(I)o1)C1CC1. The van der Waals surface area contributed by atoms with Gasteiger partial charge < -0.3 is 14.4 Å². The van der Waals surface area contributed by atoms with Crippen LogP contribution in [0.1, 0.15) is 29.5 Å². The maximum atomic E-state index is 12.7. The van der Waals surface area contributed by atoms with Crippen LogP contribution >= 0.6 is 33.9 Å². The molecule has 1 saturated carbocycles. The van der Waals surface area contributed by atoms with Gasteiger partial charge in [0.05, 0.1) is 12.1 Å². The molecule has 7 heteroatoms. The van der Waals surface area contributed by atoms with Crippen LogP contribution in [0, 0.1) is 9.68 Å². The summed E-state index contributed by atoms with van der Waals surface area (Å²) < 4.78 is 6.37. The molecular formula is C17H14INO4S. The number of carbonyl (C=O) groups is 2. The Labute approximate surface area is 156 Å². The quantitative estimate of drug-likeness (QED) is 0.697. The van der Waals surface area contributed by atoms with Gasteiger partial charge in [0.2, 0.25) is 0 Å². The van der Waals surface area contributed by atoms with E-state index in [-0.39, 0.29) is 17.3 Å². The van der Waals surface area contributed by atoms with Gasteiger partial charge in [0.25, 0.3) is 5.91 Å². The molecule has 1 N–H and O–H groups in total.